The summed E-state index contributed by atoms with van der Waals surface area (Å²) in [7, 11) is 0. The van der Waals surface area contributed by atoms with E-state index in [1.54, 1.807) is 28.2 Å². The van der Waals surface area contributed by atoms with E-state index in [0.717, 1.165) is 31.6 Å². The van der Waals surface area contributed by atoms with Gasteiger partial charge in [-0.25, -0.2) is 9.97 Å². The van der Waals surface area contributed by atoms with E-state index in [2.05, 4.69) is 20.6 Å². The molecule has 120 valence electrons. The second-order valence-electron chi connectivity index (χ2n) is 5.12. The molecule has 0 bridgehead atoms. The third-order valence-corrected chi connectivity index (χ3v) is 5.31. The lowest BCUT2D eigenvalue weighted by Gasteiger charge is -2.20. The van der Waals surface area contributed by atoms with Crippen LogP contribution in [-0.4, -0.2) is 29.0 Å². The first-order valence-electron chi connectivity index (χ1n) is 7.14. The fourth-order valence-electron chi connectivity index (χ4n) is 2.42. The van der Waals surface area contributed by atoms with Gasteiger partial charge in [0.05, 0.1) is 11.2 Å². The van der Waals surface area contributed by atoms with Crippen molar-refractivity contribution in [2.75, 3.05) is 18.4 Å². The summed E-state index contributed by atoms with van der Waals surface area (Å²) in [6.45, 7) is 2.13. The maximum absolute atomic E-state index is 11.9. The van der Waals surface area contributed by atoms with Crippen LogP contribution in [0, 0.1) is 0 Å². The number of nitrogens with one attached hydrogen (secondary N) is 2. The largest absolute Gasteiger partial charge is 0.317 e. The predicted molar refractivity (Wildman–Crippen MR) is 93.3 cm³/mol. The van der Waals surface area contributed by atoms with Crippen molar-refractivity contribution >= 4 is 46.1 Å². The molecule has 1 saturated heterocycles. The van der Waals surface area contributed by atoms with Crippen molar-refractivity contribution in [3.8, 4) is 0 Å². The van der Waals surface area contributed by atoms with Gasteiger partial charge in [-0.05, 0) is 38.3 Å². The highest BCUT2D eigenvalue weighted by Crippen LogP contribution is 2.31. The lowest BCUT2D eigenvalue weighted by molar-refractivity contribution is -0.116. The van der Waals surface area contributed by atoms with Crippen molar-refractivity contribution in [1.82, 2.24) is 15.3 Å². The Morgan fingerprint density at radius 2 is 2.18 bits per heavy atom. The molecule has 2 N–H and O–H groups in total. The molecule has 0 saturated carbocycles. The number of rotatable bonds is 5. The van der Waals surface area contributed by atoms with E-state index in [9.17, 15) is 4.79 Å². The molecule has 1 aliphatic heterocycles. The number of aryl methyl sites for hydroxylation is 1. The summed E-state index contributed by atoms with van der Waals surface area (Å²) in [5, 5.41) is 8.95. The van der Waals surface area contributed by atoms with E-state index in [1.165, 1.54) is 4.88 Å². The molecule has 3 rings (SSSR count). The first kappa shape index (κ1) is 17.3. The SMILES string of the molecule is Cl.O=C(CCc1cscn1)Nc1ncc(C2CCNCC2)s1. The quantitative estimate of drug-likeness (QED) is 0.862. The van der Waals surface area contributed by atoms with Gasteiger partial charge >= 0.3 is 0 Å². The van der Waals surface area contributed by atoms with Crippen molar-refractivity contribution in [3.05, 3.63) is 27.7 Å². The minimum absolute atomic E-state index is 0. The number of carbonyl (C=O) groups excluding carboxylic acids is 1. The minimum atomic E-state index is 0. The van der Waals surface area contributed by atoms with Gasteiger partial charge in [-0.1, -0.05) is 0 Å². The predicted octanol–water partition coefficient (Wildman–Crippen LogP) is 3.06. The minimum Gasteiger partial charge on any atom is -0.317 e. The van der Waals surface area contributed by atoms with Crippen molar-refractivity contribution in [1.29, 1.82) is 0 Å². The molecule has 0 unspecified atom stereocenters. The summed E-state index contributed by atoms with van der Waals surface area (Å²) in [4.78, 5) is 21.7. The average molecular weight is 359 g/mol. The first-order chi connectivity index (χ1) is 10.3. The van der Waals surface area contributed by atoms with Crippen LogP contribution in [0.5, 0.6) is 0 Å². The Morgan fingerprint density at radius 1 is 1.36 bits per heavy atom. The molecule has 0 spiro atoms. The topological polar surface area (TPSA) is 66.9 Å². The van der Waals surface area contributed by atoms with Crippen LogP contribution in [-0.2, 0) is 11.2 Å². The second-order valence-corrected chi connectivity index (χ2v) is 6.90. The Labute approximate surface area is 144 Å². The zero-order valence-corrected chi connectivity index (χ0v) is 14.5. The summed E-state index contributed by atoms with van der Waals surface area (Å²) in [5.74, 6) is 0.596. The van der Waals surface area contributed by atoms with Gasteiger partial charge in [0.1, 0.15) is 0 Å². The first-order valence-corrected chi connectivity index (χ1v) is 8.90. The molecule has 5 nitrogen and oxygen atoms in total. The Hall–Kier alpha value is -1.02. The van der Waals surface area contributed by atoms with E-state index in [1.807, 2.05) is 11.6 Å². The third-order valence-electron chi connectivity index (χ3n) is 3.60. The summed E-state index contributed by atoms with van der Waals surface area (Å²) in [5.41, 5.74) is 2.77. The number of amides is 1. The zero-order valence-electron chi connectivity index (χ0n) is 12.1. The number of carbonyl (C=O) groups is 1. The van der Waals surface area contributed by atoms with Gasteiger partial charge in [-0.2, -0.15) is 0 Å². The number of piperidine rings is 1. The highest BCUT2D eigenvalue weighted by atomic mass is 35.5. The molecule has 8 heteroatoms. The van der Waals surface area contributed by atoms with Crippen molar-refractivity contribution in [2.45, 2.75) is 31.6 Å². The van der Waals surface area contributed by atoms with E-state index in [-0.39, 0.29) is 18.3 Å². The molecule has 1 aliphatic rings. The molecule has 0 aromatic carbocycles. The standard InChI is InChI=1S/C14H18N4OS2.ClH/c19-13(2-1-11-8-20-9-17-11)18-14-16-7-12(21-14)10-3-5-15-6-4-10;/h7-10,15H,1-6H2,(H,16,18,19);1H. The summed E-state index contributed by atoms with van der Waals surface area (Å²) < 4.78 is 0. The fraction of sp³-hybridized carbons (Fsp3) is 0.500. The molecule has 0 radical (unpaired) electrons. The van der Waals surface area contributed by atoms with Crippen LogP contribution in [0.3, 0.4) is 0 Å². The number of hydrogen-bond donors (Lipinski definition) is 2. The maximum Gasteiger partial charge on any atom is 0.226 e. The van der Waals surface area contributed by atoms with Gasteiger partial charge in [0, 0.05) is 22.9 Å². The molecule has 22 heavy (non-hydrogen) atoms. The number of anilines is 1. The molecule has 1 fully saturated rings. The van der Waals surface area contributed by atoms with Crippen molar-refractivity contribution in [2.24, 2.45) is 0 Å². The van der Waals surface area contributed by atoms with E-state index < -0.39 is 0 Å². The molecular weight excluding hydrogens is 340 g/mol. The molecule has 2 aromatic rings. The van der Waals surface area contributed by atoms with E-state index >= 15 is 0 Å². The van der Waals surface area contributed by atoms with Gasteiger partial charge in [0.2, 0.25) is 5.91 Å². The van der Waals surface area contributed by atoms with Crippen LogP contribution in [0.15, 0.2) is 17.1 Å². The van der Waals surface area contributed by atoms with Crippen LogP contribution in [0.25, 0.3) is 0 Å². The Morgan fingerprint density at radius 3 is 2.91 bits per heavy atom. The van der Waals surface area contributed by atoms with Crippen LogP contribution >= 0.6 is 35.1 Å². The lowest BCUT2D eigenvalue weighted by Crippen LogP contribution is -2.26. The summed E-state index contributed by atoms with van der Waals surface area (Å²) >= 11 is 3.16. The van der Waals surface area contributed by atoms with Crippen LogP contribution in [0.1, 0.15) is 35.8 Å². The molecule has 3 heterocycles. The average Bonchev–Trinajstić information content (AvgIpc) is 3.17. The van der Waals surface area contributed by atoms with E-state index in [4.69, 9.17) is 0 Å². The number of aromatic nitrogens is 2. The van der Waals surface area contributed by atoms with Gasteiger partial charge in [0.25, 0.3) is 0 Å². The van der Waals surface area contributed by atoms with Crippen molar-refractivity contribution in [3.63, 3.8) is 0 Å². The molecular formula is C14H19ClN4OS2. The molecule has 1 amide bonds. The maximum atomic E-state index is 11.9. The fourth-order valence-corrected chi connectivity index (χ4v) is 4.02. The van der Waals surface area contributed by atoms with Gasteiger partial charge in [0.15, 0.2) is 5.13 Å². The van der Waals surface area contributed by atoms with Gasteiger partial charge < -0.3 is 10.6 Å². The molecule has 0 aliphatic carbocycles. The third kappa shape index (κ3) is 4.74. The van der Waals surface area contributed by atoms with Gasteiger partial charge in [-0.15, -0.1) is 35.1 Å². The number of hydrogen-bond acceptors (Lipinski definition) is 6. The highest BCUT2D eigenvalue weighted by molar-refractivity contribution is 7.15. The molecule has 0 atom stereocenters. The highest BCUT2D eigenvalue weighted by Gasteiger charge is 2.18. The second kappa shape index (κ2) is 8.57. The normalized spacial score (nSPS) is 15.3. The smallest absolute Gasteiger partial charge is 0.226 e. The van der Waals surface area contributed by atoms with Crippen LogP contribution < -0.4 is 10.6 Å². The zero-order chi connectivity index (χ0) is 14.5. The molecule has 2 aromatic heterocycles. The lowest BCUT2D eigenvalue weighted by atomic mass is 9.97. The summed E-state index contributed by atoms with van der Waals surface area (Å²) in [6, 6.07) is 0. The Kier molecular flexibility index (Phi) is 6.75. The Bertz CT molecular complexity index is 581. The number of halogens is 1. The Balaban J connectivity index is 0.00000176. The monoisotopic (exact) mass is 358 g/mol. The summed E-state index contributed by atoms with van der Waals surface area (Å²) in [6.07, 6.45) is 5.35. The van der Waals surface area contributed by atoms with E-state index in [0.29, 0.717) is 23.9 Å². The van der Waals surface area contributed by atoms with Gasteiger partial charge in [-0.3, -0.25) is 4.79 Å². The van der Waals surface area contributed by atoms with Crippen LogP contribution in [0.2, 0.25) is 0 Å². The van der Waals surface area contributed by atoms with Crippen LogP contribution in [0.4, 0.5) is 5.13 Å². The van der Waals surface area contributed by atoms with Crippen molar-refractivity contribution < 1.29 is 4.79 Å². The number of nitrogens with zero attached hydrogens (tertiary/aromatic N) is 2. The number of thiazole rings is 2.